The number of aromatic nitrogens is 2. The average molecular weight is 573 g/mol. The maximum Gasteiger partial charge on any atom is 0.328 e. The van der Waals surface area contributed by atoms with Crippen LogP contribution in [0.4, 0.5) is 0 Å². The summed E-state index contributed by atoms with van der Waals surface area (Å²) >= 11 is 18.7. The molecule has 1 amide bonds. The predicted molar refractivity (Wildman–Crippen MR) is 149 cm³/mol. The lowest BCUT2D eigenvalue weighted by Crippen LogP contribution is -2.43. The van der Waals surface area contributed by atoms with Crippen molar-refractivity contribution in [3.8, 4) is 22.7 Å². The van der Waals surface area contributed by atoms with Crippen molar-refractivity contribution >= 4 is 46.7 Å². The Morgan fingerprint density at radius 1 is 0.947 bits per heavy atom. The van der Waals surface area contributed by atoms with Crippen molar-refractivity contribution in [2.45, 2.75) is 19.4 Å². The number of hydrogen-bond donors (Lipinski definition) is 1. The largest absolute Gasteiger partial charge is 0.497 e. The van der Waals surface area contributed by atoms with Gasteiger partial charge in [0.15, 0.2) is 5.69 Å². The molecule has 0 bridgehead atoms. The predicted octanol–water partition coefficient (Wildman–Crippen LogP) is 6.33. The number of benzene rings is 3. The van der Waals surface area contributed by atoms with Crippen LogP contribution in [0, 0.1) is 6.92 Å². The Labute approximate surface area is 235 Å². The Bertz CT molecular complexity index is 1470. The van der Waals surface area contributed by atoms with Crippen LogP contribution in [-0.4, -0.2) is 41.9 Å². The Balaban J connectivity index is 1.73. The lowest BCUT2D eigenvalue weighted by Gasteiger charge is -2.16. The first-order valence-electron chi connectivity index (χ1n) is 11.5. The minimum absolute atomic E-state index is 0.129. The first kappa shape index (κ1) is 27.5. The number of methoxy groups -OCH3 is 2. The summed E-state index contributed by atoms with van der Waals surface area (Å²) in [4.78, 5) is 26.1. The van der Waals surface area contributed by atoms with Crippen LogP contribution in [0.5, 0.6) is 5.75 Å². The summed E-state index contributed by atoms with van der Waals surface area (Å²) in [6.45, 7) is 1.78. The number of ether oxygens (including phenoxy) is 2. The van der Waals surface area contributed by atoms with E-state index in [4.69, 9.17) is 44.3 Å². The van der Waals surface area contributed by atoms with Crippen LogP contribution in [0.1, 0.15) is 21.6 Å². The number of carbonyl (C=O) groups excluding carboxylic acids is 2. The van der Waals surface area contributed by atoms with Gasteiger partial charge >= 0.3 is 5.97 Å². The molecule has 1 N–H and O–H groups in total. The molecule has 0 aliphatic rings. The molecule has 0 saturated heterocycles. The van der Waals surface area contributed by atoms with Crippen molar-refractivity contribution in [1.82, 2.24) is 15.1 Å². The summed E-state index contributed by atoms with van der Waals surface area (Å²) in [5.41, 5.74) is 3.48. The van der Waals surface area contributed by atoms with E-state index >= 15 is 0 Å². The minimum atomic E-state index is -0.941. The van der Waals surface area contributed by atoms with Crippen molar-refractivity contribution in [2.24, 2.45) is 0 Å². The SMILES string of the molecule is COC(=O)[C@H](Cc1ccc(OC)cc1)NC(=O)c1nn(-c2ccc(Cl)cc2Cl)c(-c2ccc(Cl)cc2)c1C. The molecule has 1 heterocycles. The van der Waals surface area contributed by atoms with E-state index in [-0.39, 0.29) is 12.1 Å². The van der Waals surface area contributed by atoms with Crippen molar-refractivity contribution in [1.29, 1.82) is 0 Å². The molecule has 0 unspecified atom stereocenters. The Morgan fingerprint density at radius 2 is 1.61 bits per heavy atom. The van der Waals surface area contributed by atoms with E-state index < -0.39 is 17.9 Å². The zero-order valence-corrected chi connectivity index (χ0v) is 23.1. The third-order valence-corrected chi connectivity index (χ3v) is 6.77. The summed E-state index contributed by atoms with van der Waals surface area (Å²) in [6.07, 6.45) is 0.217. The van der Waals surface area contributed by atoms with E-state index in [0.717, 1.165) is 11.1 Å². The van der Waals surface area contributed by atoms with Crippen LogP contribution < -0.4 is 10.1 Å². The molecule has 7 nitrogen and oxygen atoms in total. The second kappa shape index (κ2) is 11.9. The third-order valence-electron chi connectivity index (χ3n) is 5.98. The summed E-state index contributed by atoms with van der Waals surface area (Å²) in [5, 5.41) is 8.79. The fraction of sp³-hybridized carbons (Fsp3) is 0.179. The Kier molecular flexibility index (Phi) is 8.62. The zero-order valence-electron chi connectivity index (χ0n) is 20.8. The van der Waals surface area contributed by atoms with Gasteiger partial charge in [-0.2, -0.15) is 5.10 Å². The minimum Gasteiger partial charge on any atom is -0.497 e. The van der Waals surface area contributed by atoms with E-state index in [0.29, 0.717) is 37.8 Å². The molecule has 196 valence electrons. The summed E-state index contributed by atoms with van der Waals surface area (Å²) < 4.78 is 11.7. The maximum atomic E-state index is 13.5. The molecule has 3 aromatic carbocycles. The number of rotatable bonds is 8. The van der Waals surface area contributed by atoms with Crippen LogP contribution in [0.25, 0.3) is 16.9 Å². The van der Waals surface area contributed by atoms with Crippen molar-refractivity contribution in [2.75, 3.05) is 14.2 Å². The molecule has 0 saturated carbocycles. The number of carbonyl (C=O) groups is 2. The van der Waals surface area contributed by atoms with Crippen LogP contribution in [-0.2, 0) is 16.0 Å². The molecule has 0 spiro atoms. The van der Waals surface area contributed by atoms with Gasteiger partial charge in [0.05, 0.1) is 30.6 Å². The van der Waals surface area contributed by atoms with Gasteiger partial charge < -0.3 is 14.8 Å². The van der Waals surface area contributed by atoms with Gasteiger partial charge in [0, 0.05) is 27.6 Å². The lowest BCUT2D eigenvalue weighted by atomic mass is 10.0. The highest BCUT2D eigenvalue weighted by Crippen LogP contribution is 2.33. The lowest BCUT2D eigenvalue weighted by molar-refractivity contribution is -0.142. The maximum absolute atomic E-state index is 13.5. The van der Waals surface area contributed by atoms with E-state index in [2.05, 4.69) is 10.4 Å². The number of nitrogens with zero attached hydrogens (tertiary/aromatic N) is 2. The fourth-order valence-electron chi connectivity index (χ4n) is 4.05. The van der Waals surface area contributed by atoms with Gasteiger partial charge in [-0.3, -0.25) is 4.79 Å². The second-order valence-electron chi connectivity index (χ2n) is 8.44. The Morgan fingerprint density at radius 3 is 2.21 bits per heavy atom. The monoisotopic (exact) mass is 571 g/mol. The van der Waals surface area contributed by atoms with Gasteiger partial charge in [-0.05, 0) is 55.0 Å². The smallest absolute Gasteiger partial charge is 0.328 e. The number of esters is 1. The third kappa shape index (κ3) is 5.96. The van der Waals surface area contributed by atoms with E-state index in [9.17, 15) is 9.59 Å². The molecular formula is C28H24Cl3N3O4. The van der Waals surface area contributed by atoms with Crippen molar-refractivity contribution < 1.29 is 19.1 Å². The number of amides is 1. The summed E-state index contributed by atoms with van der Waals surface area (Å²) in [5.74, 6) is -0.431. The summed E-state index contributed by atoms with van der Waals surface area (Å²) in [7, 11) is 2.85. The molecular weight excluding hydrogens is 549 g/mol. The molecule has 4 aromatic rings. The van der Waals surface area contributed by atoms with Gasteiger partial charge in [0.25, 0.3) is 5.91 Å². The van der Waals surface area contributed by atoms with Crippen molar-refractivity contribution in [3.05, 3.63) is 98.6 Å². The van der Waals surface area contributed by atoms with Crippen LogP contribution in [0.15, 0.2) is 66.7 Å². The molecule has 0 aliphatic heterocycles. The average Bonchev–Trinajstić information content (AvgIpc) is 3.25. The summed E-state index contributed by atoms with van der Waals surface area (Å²) in [6, 6.07) is 18.4. The van der Waals surface area contributed by atoms with Crippen LogP contribution in [0.3, 0.4) is 0 Å². The number of halogens is 3. The molecule has 1 aromatic heterocycles. The zero-order chi connectivity index (χ0) is 27.4. The Hall–Kier alpha value is -3.52. The second-order valence-corrected chi connectivity index (χ2v) is 9.72. The molecule has 0 aliphatic carbocycles. The highest BCUT2D eigenvalue weighted by Gasteiger charge is 2.28. The van der Waals surface area contributed by atoms with E-state index in [1.54, 1.807) is 61.2 Å². The van der Waals surface area contributed by atoms with Gasteiger partial charge in [-0.15, -0.1) is 0 Å². The molecule has 38 heavy (non-hydrogen) atoms. The highest BCUT2D eigenvalue weighted by molar-refractivity contribution is 6.35. The van der Waals surface area contributed by atoms with E-state index in [1.807, 2.05) is 24.3 Å². The van der Waals surface area contributed by atoms with Gasteiger partial charge in [0.1, 0.15) is 11.8 Å². The van der Waals surface area contributed by atoms with Gasteiger partial charge in [0.2, 0.25) is 0 Å². The fourth-order valence-corrected chi connectivity index (χ4v) is 4.66. The first-order chi connectivity index (χ1) is 18.2. The molecule has 0 radical (unpaired) electrons. The number of hydrogen-bond acceptors (Lipinski definition) is 5. The standard InChI is InChI=1S/C28H24Cl3N3O4/c1-16-25(27(35)32-23(28(36)38-3)14-17-4-11-21(37-2)12-5-17)33-34(24-13-10-20(30)15-22(24)31)26(16)18-6-8-19(29)9-7-18/h4-13,15,23H,14H2,1-3H3,(H,32,35)/t23-/m0/s1. The molecule has 10 heteroatoms. The van der Waals surface area contributed by atoms with E-state index in [1.165, 1.54) is 7.11 Å². The molecule has 4 rings (SSSR count). The highest BCUT2D eigenvalue weighted by atomic mass is 35.5. The van der Waals surface area contributed by atoms with Crippen molar-refractivity contribution in [3.63, 3.8) is 0 Å². The molecule has 1 atom stereocenters. The quantitative estimate of drug-likeness (QED) is 0.250. The first-order valence-corrected chi connectivity index (χ1v) is 12.7. The van der Waals surface area contributed by atoms with Gasteiger partial charge in [-0.25, -0.2) is 9.48 Å². The normalized spacial score (nSPS) is 11.6. The number of nitrogens with one attached hydrogen (secondary N) is 1. The van der Waals surface area contributed by atoms with Crippen LogP contribution >= 0.6 is 34.8 Å². The topological polar surface area (TPSA) is 82.4 Å². The van der Waals surface area contributed by atoms with Crippen LogP contribution in [0.2, 0.25) is 15.1 Å². The van der Waals surface area contributed by atoms with Gasteiger partial charge in [-0.1, -0.05) is 59.1 Å². The molecule has 0 fully saturated rings.